The van der Waals surface area contributed by atoms with Crippen molar-refractivity contribution in [3.8, 4) is 5.75 Å². The quantitative estimate of drug-likeness (QED) is 0.912. The van der Waals surface area contributed by atoms with Crippen LogP contribution >= 0.6 is 15.9 Å². The molecule has 0 aliphatic carbocycles. The highest BCUT2D eigenvalue weighted by atomic mass is 79.9. The Kier molecular flexibility index (Phi) is 3.44. The van der Waals surface area contributed by atoms with Gasteiger partial charge in [-0.15, -0.1) is 0 Å². The monoisotopic (exact) mass is 335 g/mol. The zero-order valence-corrected chi connectivity index (χ0v) is 12.0. The maximum atomic E-state index is 13.2. The summed E-state index contributed by atoms with van der Waals surface area (Å²) in [4.78, 5) is 12.2. The van der Waals surface area contributed by atoms with Gasteiger partial charge in [0.05, 0.1) is 10.5 Å². The summed E-state index contributed by atoms with van der Waals surface area (Å²) in [5.74, 6) is 0.144. The standard InChI is InChI=1S/C15H11BrFNO2/c16-11-7-9(5-6-12(11)17)15(19)18-13-8-20-14-4-2-1-3-10(13)14/h1-7,13H,8H2,(H,18,19). The summed E-state index contributed by atoms with van der Waals surface area (Å²) in [6.07, 6.45) is 0. The maximum absolute atomic E-state index is 13.2. The summed E-state index contributed by atoms with van der Waals surface area (Å²) < 4.78 is 18.9. The first-order valence-corrected chi connectivity index (χ1v) is 6.92. The second-order valence-electron chi connectivity index (χ2n) is 4.50. The summed E-state index contributed by atoms with van der Waals surface area (Å²) in [6.45, 7) is 0.410. The molecule has 20 heavy (non-hydrogen) atoms. The lowest BCUT2D eigenvalue weighted by molar-refractivity contribution is 0.0930. The SMILES string of the molecule is O=C(NC1COc2ccccc21)c1ccc(F)c(Br)c1. The number of benzene rings is 2. The van der Waals surface area contributed by atoms with E-state index in [1.165, 1.54) is 18.2 Å². The Morgan fingerprint density at radius 3 is 2.90 bits per heavy atom. The van der Waals surface area contributed by atoms with Crippen molar-refractivity contribution in [2.45, 2.75) is 6.04 Å². The van der Waals surface area contributed by atoms with Crippen LogP contribution in [-0.2, 0) is 0 Å². The zero-order valence-electron chi connectivity index (χ0n) is 10.4. The highest BCUT2D eigenvalue weighted by molar-refractivity contribution is 9.10. The van der Waals surface area contributed by atoms with E-state index in [1.54, 1.807) is 0 Å². The summed E-state index contributed by atoms with van der Waals surface area (Å²) >= 11 is 3.07. The minimum Gasteiger partial charge on any atom is -0.491 e. The predicted octanol–water partition coefficient (Wildman–Crippen LogP) is 3.45. The van der Waals surface area contributed by atoms with Crippen molar-refractivity contribution in [3.05, 3.63) is 63.9 Å². The van der Waals surface area contributed by atoms with Gasteiger partial charge < -0.3 is 10.1 Å². The number of amides is 1. The average molecular weight is 336 g/mol. The Hall–Kier alpha value is -1.88. The number of nitrogens with one attached hydrogen (secondary N) is 1. The highest BCUT2D eigenvalue weighted by Gasteiger charge is 2.25. The molecule has 3 rings (SSSR count). The summed E-state index contributed by atoms with van der Waals surface area (Å²) in [6, 6.07) is 11.6. The van der Waals surface area contributed by atoms with Crippen LogP contribution in [0.15, 0.2) is 46.9 Å². The molecule has 1 N–H and O–H groups in total. The summed E-state index contributed by atoms with van der Waals surface area (Å²) in [7, 11) is 0. The van der Waals surface area contributed by atoms with E-state index in [0.29, 0.717) is 12.2 Å². The molecular formula is C15H11BrFNO2. The van der Waals surface area contributed by atoms with Crippen molar-refractivity contribution in [1.82, 2.24) is 5.32 Å². The summed E-state index contributed by atoms with van der Waals surface area (Å²) in [5.41, 5.74) is 1.37. The molecule has 1 aliphatic heterocycles. The molecule has 0 spiro atoms. The molecule has 0 aromatic heterocycles. The number of rotatable bonds is 2. The van der Waals surface area contributed by atoms with Crippen LogP contribution in [-0.4, -0.2) is 12.5 Å². The van der Waals surface area contributed by atoms with Crippen LogP contribution in [0.1, 0.15) is 22.0 Å². The van der Waals surface area contributed by atoms with Gasteiger partial charge in [0.15, 0.2) is 0 Å². The molecule has 1 aliphatic rings. The van der Waals surface area contributed by atoms with Gasteiger partial charge in [-0.2, -0.15) is 0 Å². The Morgan fingerprint density at radius 1 is 1.30 bits per heavy atom. The van der Waals surface area contributed by atoms with Gasteiger partial charge in [0.2, 0.25) is 0 Å². The van der Waals surface area contributed by atoms with Crippen LogP contribution in [0.4, 0.5) is 4.39 Å². The first-order valence-electron chi connectivity index (χ1n) is 6.13. The van der Waals surface area contributed by atoms with Crippen molar-refractivity contribution in [2.75, 3.05) is 6.61 Å². The van der Waals surface area contributed by atoms with E-state index in [9.17, 15) is 9.18 Å². The molecule has 0 bridgehead atoms. The second kappa shape index (κ2) is 5.25. The topological polar surface area (TPSA) is 38.3 Å². The van der Waals surface area contributed by atoms with E-state index < -0.39 is 5.82 Å². The lowest BCUT2D eigenvalue weighted by Gasteiger charge is -2.12. The highest BCUT2D eigenvalue weighted by Crippen LogP contribution is 2.31. The first kappa shape index (κ1) is 13.1. The number of halogens is 2. The number of hydrogen-bond acceptors (Lipinski definition) is 2. The maximum Gasteiger partial charge on any atom is 0.251 e. The molecule has 0 saturated carbocycles. The fraction of sp³-hybridized carbons (Fsp3) is 0.133. The van der Waals surface area contributed by atoms with E-state index in [-0.39, 0.29) is 16.4 Å². The van der Waals surface area contributed by atoms with Gasteiger partial charge in [-0.1, -0.05) is 18.2 Å². The molecule has 3 nitrogen and oxygen atoms in total. The van der Waals surface area contributed by atoms with Gasteiger partial charge in [-0.05, 0) is 40.2 Å². The molecule has 1 amide bonds. The van der Waals surface area contributed by atoms with Gasteiger partial charge in [-0.3, -0.25) is 4.79 Å². The minimum atomic E-state index is -0.393. The number of para-hydroxylation sites is 1. The Balaban J connectivity index is 1.79. The molecule has 0 saturated heterocycles. The van der Waals surface area contributed by atoms with Crippen molar-refractivity contribution in [2.24, 2.45) is 0 Å². The fourth-order valence-corrected chi connectivity index (χ4v) is 2.54. The van der Waals surface area contributed by atoms with Gasteiger partial charge in [0, 0.05) is 11.1 Å². The smallest absolute Gasteiger partial charge is 0.251 e. The van der Waals surface area contributed by atoms with E-state index >= 15 is 0 Å². The molecule has 2 aromatic carbocycles. The van der Waals surface area contributed by atoms with Crippen LogP contribution in [0.5, 0.6) is 5.75 Å². The number of hydrogen-bond donors (Lipinski definition) is 1. The van der Waals surface area contributed by atoms with Gasteiger partial charge >= 0.3 is 0 Å². The molecule has 0 radical (unpaired) electrons. The molecule has 5 heteroatoms. The van der Waals surface area contributed by atoms with Crippen LogP contribution < -0.4 is 10.1 Å². The van der Waals surface area contributed by atoms with Crippen LogP contribution in [0, 0.1) is 5.82 Å². The van der Waals surface area contributed by atoms with E-state index in [2.05, 4.69) is 21.2 Å². The van der Waals surface area contributed by atoms with Crippen LogP contribution in [0.25, 0.3) is 0 Å². The van der Waals surface area contributed by atoms with Gasteiger partial charge in [-0.25, -0.2) is 4.39 Å². The summed E-state index contributed by atoms with van der Waals surface area (Å²) in [5, 5.41) is 2.89. The predicted molar refractivity (Wildman–Crippen MR) is 76.2 cm³/mol. The molecular weight excluding hydrogens is 325 g/mol. The van der Waals surface area contributed by atoms with Gasteiger partial charge in [0.25, 0.3) is 5.91 Å². The third kappa shape index (κ3) is 2.41. The second-order valence-corrected chi connectivity index (χ2v) is 5.36. The molecule has 1 unspecified atom stereocenters. The number of fused-ring (bicyclic) bond motifs is 1. The third-order valence-corrected chi connectivity index (χ3v) is 3.79. The molecule has 2 aromatic rings. The molecule has 0 fully saturated rings. The third-order valence-electron chi connectivity index (χ3n) is 3.19. The molecule has 102 valence electrons. The van der Waals surface area contributed by atoms with Crippen molar-refractivity contribution in [1.29, 1.82) is 0 Å². The molecule has 1 heterocycles. The zero-order chi connectivity index (χ0) is 14.1. The Morgan fingerprint density at radius 2 is 2.10 bits per heavy atom. The number of ether oxygens (including phenoxy) is 1. The Bertz CT molecular complexity index is 675. The van der Waals surface area contributed by atoms with E-state index in [0.717, 1.165) is 11.3 Å². The average Bonchev–Trinajstić information content (AvgIpc) is 2.85. The number of carbonyl (C=O) groups is 1. The normalized spacial score (nSPS) is 16.4. The molecule has 1 atom stereocenters. The van der Waals surface area contributed by atoms with E-state index in [4.69, 9.17) is 4.74 Å². The van der Waals surface area contributed by atoms with E-state index in [1.807, 2.05) is 24.3 Å². The lowest BCUT2D eigenvalue weighted by atomic mass is 10.1. The van der Waals surface area contributed by atoms with Crippen molar-refractivity contribution < 1.29 is 13.9 Å². The lowest BCUT2D eigenvalue weighted by Crippen LogP contribution is -2.29. The Labute approximate surface area is 123 Å². The first-order chi connectivity index (χ1) is 9.65. The van der Waals surface area contributed by atoms with Gasteiger partial charge in [0.1, 0.15) is 18.2 Å². The van der Waals surface area contributed by atoms with Crippen LogP contribution in [0.2, 0.25) is 0 Å². The van der Waals surface area contributed by atoms with Crippen LogP contribution in [0.3, 0.4) is 0 Å². The minimum absolute atomic E-state index is 0.178. The largest absolute Gasteiger partial charge is 0.491 e. The number of carbonyl (C=O) groups excluding carboxylic acids is 1. The fourth-order valence-electron chi connectivity index (χ4n) is 2.16. The van der Waals surface area contributed by atoms with Crippen molar-refractivity contribution >= 4 is 21.8 Å². The van der Waals surface area contributed by atoms with Crippen molar-refractivity contribution in [3.63, 3.8) is 0 Å².